The van der Waals surface area contributed by atoms with Gasteiger partial charge in [0.2, 0.25) is 0 Å². The van der Waals surface area contributed by atoms with Crippen molar-refractivity contribution in [2.45, 2.75) is 11.8 Å². The molecule has 0 amide bonds. The van der Waals surface area contributed by atoms with Crippen LogP contribution in [0.1, 0.15) is 12.5 Å². The van der Waals surface area contributed by atoms with Crippen LogP contribution in [0.5, 0.6) is 17.2 Å². The molecule has 21 heavy (non-hydrogen) atoms. The number of ether oxygens (including phenoxy) is 2. The first-order valence-corrected chi connectivity index (χ1v) is 7.56. The van der Waals surface area contributed by atoms with Gasteiger partial charge in [-0.1, -0.05) is 13.0 Å². The topological polar surface area (TPSA) is 68.3 Å². The van der Waals surface area contributed by atoms with Gasteiger partial charge in [0, 0.05) is 4.90 Å². The molecule has 0 radical (unpaired) electrons. The van der Waals surface area contributed by atoms with Crippen LogP contribution in [-0.2, 0) is 0 Å². The zero-order valence-corrected chi connectivity index (χ0v) is 12.9. The largest absolute Gasteiger partial charge is 0.497 e. The fraction of sp³-hybridized carbons (Fsp3) is 0.188. The molecule has 0 saturated heterocycles. The second-order valence-electron chi connectivity index (χ2n) is 4.25. The molecule has 0 spiro atoms. The molecule has 2 rings (SSSR count). The van der Waals surface area contributed by atoms with E-state index in [0.717, 1.165) is 16.4 Å². The molecule has 0 aliphatic heterocycles. The highest BCUT2D eigenvalue weighted by atomic mass is 32.2. The zero-order chi connectivity index (χ0) is 15.2. The Hall–Kier alpha value is -2.14. The van der Waals surface area contributed by atoms with Crippen molar-refractivity contribution in [3.63, 3.8) is 0 Å². The van der Waals surface area contributed by atoms with Gasteiger partial charge in [-0.15, -0.1) is 11.8 Å². The third-order valence-electron chi connectivity index (χ3n) is 2.84. The first-order valence-electron chi connectivity index (χ1n) is 6.57. The van der Waals surface area contributed by atoms with Gasteiger partial charge in [0.15, 0.2) is 0 Å². The summed E-state index contributed by atoms with van der Waals surface area (Å²) >= 11 is 1.64. The molecule has 0 heterocycles. The van der Waals surface area contributed by atoms with Crippen LogP contribution in [0.2, 0.25) is 0 Å². The van der Waals surface area contributed by atoms with E-state index >= 15 is 0 Å². The first kappa shape index (κ1) is 15.3. The van der Waals surface area contributed by atoms with Crippen molar-refractivity contribution in [2.75, 3.05) is 12.9 Å². The molecule has 110 valence electrons. The molecular formula is C16H18N2O2S. The Morgan fingerprint density at radius 1 is 1.14 bits per heavy atom. The number of benzene rings is 2. The molecule has 0 aliphatic rings. The van der Waals surface area contributed by atoms with Crippen molar-refractivity contribution in [3.05, 3.63) is 48.0 Å². The van der Waals surface area contributed by atoms with Crippen molar-refractivity contribution in [3.8, 4) is 17.2 Å². The fourth-order valence-electron chi connectivity index (χ4n) is 1.91. The number of hydrogen-bond donors (Lipinski definition) is 2. The zero-order valence-electron chi connectivity index (χ0n) is 12.1. The second-order valence-corrected chi connectivity index (χ2v) is 5.56. The summed E-state index contributed by atoms with van der Waals surface area (Å²) in [5, 5.41) is 7.79. The number of hydrogen-bond acceptors (Lipinski definition) is 4. The number of thioether (sulfide) groups is 1. The molecule has 0 atom stereocenters. The molecule has 3 N–H and O–H groups in total. The molecule has 2 aromatic rings. The molecule has 0 aliphatic carbocycles. The number of nitrogens with two attached hydrogens (primary N) is 1. The van der Waals surface area contributed by atoms with E-state index < -0.39 is 0 Å². The van der Waals surface area contributed by atoms with Crippen LogP contribution in [0.15, 0.2) is 47.4 Å². The predicted octanol–water partition coefficient (Wildman–Crippen LogP) is 3.88. The molecule has 0 saturated carbocycles. The summed E-state index contributed by atoms with van der Waals surface area (Å²) in [4.78, 5) is 0.955. The van der Waals surface area contributed by atoms with E-state index in [0.29, 0.717) is 17.1 Å². The molecule has 0 unspecified atom stereocenters. The Balaban J connectivity index is 2.33. The standard InChI is InChI=1S/C16H18N2O2S/c1-3-21-14-6-4-5-13(15(14)16(17)18)20-12-9-7-11(19-2)8-10-12/h4-10H,3H2,1-2H3,(H3,17,18). The molecule has 0 fully saturated rings. The van der Waals surface area contributed by atoms with Gasteiger partial charge in [0.05, 0.1) is 12.7 Å². The third kappa shape index (κ3) is 3.70. The average Bonchev–Trinajstić information content (AvgIpc) is 2.48. The van der Waals surface area contributed by atoms with Gasteiger partial charge in [-0.05, 0) is 42.2 Å². The minimum absolute atomic E-state index is 0.00932. The monoisotopic (exact) mass is 302 g/mol. The highest BCUT2D eigenvalue weighted by molar-refractivity contribution is 7.99. The molecular weight excluding hydrogens is 284 g/mol. The molecule has 4 nitrogen and oxygen atoms in total. The summed E-state index contributed by atoms with van der Waals surface area (Å²) in [7, 11) is 1.62. The molecule has 0 bridgehead atoms. The maximum atomic E-state index is 7.79. The number of nitrogens with one attached hydrogen (secondary N) is 1. The van der Waals surface area contributed by atoms with Crippen molar-refractivity contribution in [1.82, 2.24) is 0 Å². The van der Waals surface area contributed by atoms with Gasteiger partial charge in [-0.2, -0.15) is 0 Å². The van der Waals surface area contributed by atoms with E-state index in [1.165, 1.54) is 0 Å². The third-order valence-corrected chi connectivity index (χ3v) is 3.78. The molecule has 5 heteroatoms. The second kappa shape index (κ2) is 7.04. The van der Waals surface area contributed by atoms with Gasteiger partial charge in [-0.3, -0.25) is 5.41 Å². The van der Waals surface area contributed by atoms with Crippen LogP contribution in [0.25, 0.3) is 0 Å². The fourth-order valence-corrected chi connectivity index (χ4v) is 2.75. The van der Waals surface area contributed by atoms with Gasteiger partial charge < -0.3 is 15.2 Å². The van der Waals surface area contributed by atoms with Crippen molar-refractivity contribution < 1.29 is 9.47 Å². The maximum absolute atomic E-state index is 7.79. The number of nitrogen functional groups attached to an aromatic ring is 1. The summed E-state index contributed by atoms with van der Waals surface area (Å²) in [5.74, 6) is 2.95. The van der Waals surface area contributed by atoms with Crippen LogP contribution < -0.4 is 15.2 Å². The van der Waals surface area contributed by atoms with E-state index in [-0.39, 0.29) is 5.84 Å². The van der Waals surface area contributed by atoms with Gasteiger partial charge in [0.25, 0.3) is 0 Å². The Kier molecular flexibility index (Phi) is 5.11. The minimum atomic E-state index is 0.00932. The molecule has 0 aromatic heterocycles. The van der Waals surface area contributed by atoms with Crippen LogP contribution >= 0.6 is 11.8 Å². The Bertz CT molecular complexity index is 627. The SMILES string of the molecule is CCSc1cccc(Oc2ccc(OC)cc2)c1C(=N)N. The maximum Gasteiger partial charge on any atom is 0.139 e. The quantitative estimate of drug-likeness (QED) is 0.482. The lowest BCUT2D eigenvalue weighted by Gasteiger charge is -2.14. The van der Waals surface area contributed by atoms with E-state index in [2.05, 4.69) is 6.92 Å². The van der Waals surface area contributed by atoms with Crippen molar-refractivity contribution in [2.24, 2.45) is 5.73 Å². The summed E-state index contributed by atoms with van der Waals surface area (Å²) in [6, 6.07) is 13.0. The first-order chi connectivity index (χ1) is 10.2. The highest BCUT2D eigenvalue weighted by Gasteiger charge is 2.13. The lowest BCUT2D eigenvalue weighted by atomic mass is 10.2. The van der Waals surface area contributed by atoms with Crippen LogP contribution in [0.4, 0.5) is 0 Å². The minimum Gasteiger partial charge on any atom is -0.497 e. The Labute approximate surface area is 128 Å². The van der Waals surface area contributed by atoms with Gasteiger partial charge >= 0.3 is 0 Å². The molecule has 2 aromatic carbocycles. The van der Waals surface area contributed by atoms with Crippen molar-refractivity contribution in [1.29, 1.82) is 5.41 Å². The number of rotatable bonds is 6. The van der Waals surface area contributed by atoms with Crippen LogP contribution in [0, 0.1) is 5.41 Å². The normalized spacial score (nSPS) is 10.2. The van der Waals surface area contributed by atoms with E-state index in [4.69, 9.17) is 20.6 Å². The van der Waals surface area contributed by atoms with E-state index in [1.807, 2.05) is 42.5 Å². The Morgan fingerprint density at radius 2 is 1.81 bits per heavy atom. The van der Waals surface area contributed by atoms with E-state index in [1.54, 1.807) is 18.9 Å². The lowest BCUT2D eigenvalue weighted by molar-refractivity contribution is 0.412. The smallest absolute Gasteiger partial charge is 0.139 e. The number of amidine groups is 1. The number of methoxy groups -OCH3 is 1. The summed E-state index contributed by atoms with van der Waals surface area (Å²) in [5.41, 5.74) is 6.35. The van der Waals surface area contributed by atoms with E-state index in [9.17, 15) is 0 Å². The summed E-state index contributed by atoms with van der Waals surface area (Å²) in [6.07, 6.45) is 0. The van der Waals surface area contributed by atoms with Gasteiger partial charge in [-0.25, -0.2) is 0 Å². The average molecular weight is 302 g/mol. The van der Waals surface area contributed by atoms with Crippen LogP contribution in [0.3, 0.4) is 0 Å². The van der Waals surface area contributed by atoms with Crippen LogP contribution in [-0.4, -0.2) is 18.7 Å². The lowest BCUT2D eigenvalue weighted by Crippen LogP contribution is -2.13. The highest BCUT2D eigenvalue weighted by Crippen LogP contribution is 2.33. The predicted molar refractivity (Wildman–Crippen MR) is 86.9 cm³/mol. The summed E-state index contributed by atoms with van der Waals surface area (Å²) in [6.45, 7) is 2.06. The summed E-state index contributed by atoms with van der Waals surface area (Å²) < 4.78 is 11.0. The Morgan fingerprint density at radius 3 is 2.38 bits per heavy atom. The van der Waals surface area contributed by atoms with Crippen molar-refractivity contribution >= 4 is 17.6 Å². The van der Waals surface area contributed by atoms with Gasteiger partial charge in [0.1, 0.15) is 23.1 Å².